The summed E-state index contributed by atoms with van der Waals surface area (Å²) in [7, 11) is 0. The predicted octanol–water partition coefficient (Wildman–Crippen LogP) is 2.75. The zero-order valence-corrected chi connectivity index (χ0v) is 15.7. The average molecular weight is 398 g/mol. The number of amides is 1. The van der Waals surface area contributed by atoms with Gasteiger partial charge in [0, 0.05) is 44.5 Å². The Morgan fingerprint density at radius 3 is 2.64 bits per heavy atom. The van der Waals surface area contributed by atoms with Crippen LogP contribution in [0.15, 0.2) is 6.07 Å². The van der Waals surface area contributed by atoms with Gasteiger partial charge in [-0.1, -0.05) is 0 Å². The first-order valence-corrected chi connectivity index (χ1v) is 9.90. The van der Waals surface area contributed by atoms with E-state index in [2.05, 4.69) is 15.3 Å². The van der Waals surface area contributed by atoms with Crippen molar-refractivity contribution in [3.05, 3.63) is 17.6 Å². The topological polar surface area (TPSA) is 67.4 Å². The third kappa shape index (κ3) is 4.39. The molecule has 0 bridgehead atoms. The van der Waals surface area contributed by atoms with Crippen molar-refractivity contribution >= 4 is 11.7 Å². The number of carbonyl (C=O) groups is 1. The van der Waals surface area contributed by atoms with E-state index in [0.29, 0.717) is 44.4 Å². The second-order valence-electron chi connectivity index (χ2n) is 8.00. The van der Waals surface area contributed by atoms with E-state index in [4.69, 9.17) is 4.74 Å². The summed E-state index contributed by atoms with van der Waals surface area (Å²) >= 11 is 0. The van der Waals surface area contributed by atoms with Crippen LogP contribution in [0.1, 0.15) is 56.0 Å². The predicted molar refractivity (Wildman–Crippen MR) is 96.2 cm³/mol. The Morgan fingerprint density at radius 2 is 2.04 bits per heavy atom. The lowest BCUT2D eigenvalue weighted by Gasteiger charge is -2.37. The first kappa shape index (κ1) is 19.4. The molecular formula is C19H25F3N4O2. The number of nitrogens with zero attached hydrogens (tertiary/aromatic N) is 3. The Morgan fingerprint density at radius 1 is 1.29 bits per heavy atom. The lowest BCUT2D eigenvalue weighted by molar-refractivity contribution is -0.125. The van der Waals surface area contributed by atoms with Crippen molar-refractivity contribution in [3.63, 3.8) is 0 Å². The van der Waals surface area contributed by atoms with E-state index in [9.17, 15) is 13.6 Å². The van der Waals surface area contributed by atoms with Gasteiger partial charge in [0.15, 0.2) is 0 Å². The number of piperidine rings is 1. The SMILES string of the molecule is O=C(NCC1(F)CCN(c2cc(C(F)F)nc(C3CC3)n2)CC1)C1CCOC1. The van der Waals surface area contributed by atoms with Crippen LogP contribution < -0.4 is 10.2 Å². The van der Waals surface area contributed by atoms with E-state index in [0.717, 1.165) is 12.8 Å². The fourth-order valence-corrected chi connectivity index (χ4v) is 3.71. The summed E-state index contributed by atoms with van der Waals surface area (Å²) in [5, 5.41) is 2.71. The van der Waals surface area contributed by atoms with Gasteiger partial charge in [0.2, 0.25) is 5.91 Å². The van der Waals surface area contributed by atoms with Gasteiger partial charge in [-0.2, -0.15) is 0 Å². The van der Waals surface area contributed by atoms with Crippen molar-refractivity contribution < 1.29 is 22.7 Å². The second kappa shape index (κ2) is 7.85. The van der Waals surface area contributed by atoms with Crippen LogP contribution in [-0.4, -0.2) is 54.4 Å². The fourth-order valence-electron chi connectivity index (χ4n) is 3.71. The molecule has 1 atom stereocenters. The number of nitrogens with one attached hydrogen (secondary N) is 1. The molecule has 2 saturated heterocycles. The monoisotopic (exact) mass is 398 g/mol. The van der Waals surface area contributed by atoms with E-state index >= 15 is 4.39 Å². The zero-order chi connectivity index (χ0) is 19.7. The minimum absolute atomic E-state index is 0.0322. The highest BCUT2D eigenvalue weighted by Crippen LogP contribution is 2.40. The molecule has 1 aromatic rings. The summed E-state index contributed by atoms with van der Waals surface area (Å²) in [6.07, 6.45) is 0.279. The number of hydrogen-bond donors (Lipinski definition) is 1. The van der Waals surface area contributed by atoms with Gasteiger partial charge >= 0.3 is 0 Å². The Labute approximate surface area is 161 Å². The van der Waals surface area contributed by atoms with Crippen LogP contribution in [0.25, 0.3) is 0 Å². The molecule has 1 aliphatic carbocycles. The number of carbonyl (C=O) groups excluding carboxylic acids is 1. The first-order chi connectivity index (χ1) is 13.4. The minimum Gasteiger partial charge on any atom is -0.381 e. The number of aromatic nitrogens is 2. The molecule has 1 saturated carbocycles. The Bertz CT molecular complexity index is 695. The average Bonchev–Trinajstić information content (AvgIpc) is 3.40. The van der Waals surface area contributed by atoms with Gasteiger partial charge in [-0.3, -0.25) is 4.79 Å². The van der Waals surface area contributed by atoms with Crippen LogP contribution in [0, 0.1) is 5.92 Å². The number of hydrogen-bond acceptors (Lipinski definition) is 5. The van der Waals surface area contributed by atoms with Gasteiger partial charge in [0.05, 0.1) is 19.1 Å². The molecule has 1 unspecified atom stereocenters. The van der Waals surface area contributed by atoms with Gasteiger partial charge < -0.3 is 15.0 Å². The molecule has 4 rings (SSSR count). The molecule has 28 heavy (non-hydrogen) atoms. The Kier molecular flexibility index (Phi) is 5.44. The first-order valence-electron chi connectivity index (χ1n) is 9.90. The molecule has 6 nitrogen and oxygen atoms in total. The molecule has 0 aromatic carbocycles. The fraction of sp³-hybridized carbons (Fsp3) is 0.737. The maximum Gasteiger partial charge on any atom is 0.280 e. The molecule has 3 fully saturated rings. The smallest absolute Gasteiger partial charge is 0.280 e. The van der Waals surface area contributed by atoms with Gasteiger partial charge in [-0.15, -0.1) is 0 Å². The van der Waals surface area contributed by atoms with Crippen molar-refractivity contribution in [3.8, 4) is 0 Å². The molecule has 0 spiro atoms. The van der Waals surface area contributed by atoms with E-state index < -0.39 is 12.1 Å². The van der Waals surface area contributed by atoms with E-state index in [-0.39, 0.29) is 42.8 Å². The van der Waals surface area contributed by atoms with Crippen molar-refractivity contribution in [1.82, 2.24) is 15.3 Å². The van der Waals surface area contributed by atoms with Crippen LogP contribution in [0.5, 0.6) is 0 Å². The zero-order valence-electron chi connectivity index (χ0n) is 15.7. The molecule has 9 heteroatoms. The number of ether oxygens (including phenoxy) is 1. The summed E-state index contributed by atoms with van der Waals surface area (Å²) < 4.78 is 46.7. The van der Waals surface area contributed by atoms with Crippen LogP contribution in [0.2, 0.25) is 0 Å². The van der Waals surface area contributed by atoms with Crippen LogP contribution in [0.3, 0.4) is 0 Å². The molecule has 154 valence electrons. The minimum atomic E-state index is -2.65. The van der Waals surface area contributed by atoms with Gasteiger partial charge in [0.1, 0.15) is 23.0 Å². The van der Waals surface area contributed by atoms with Crippen molar-refractivity contribution in [2.75, 3.05) is 37.7 Å². The Hall–Kier alpha value is -1.90. The Balaban J connectivity index is 1.36. The summed E-state index contributed by atoms with van der Waals surface area (Å²) in [6, 6.07) is 1.31. The molecule has 1 amide bonds. The van der Waals surface area contributed by atoms with E-state index in [1.54, 1.807) is 0 Å². The maximum absolute atomic E-state index is 15.1. The summed E-state index contributed by atoms with van der Waals surface area (Å²) in [4.78, 5) is 22.3. The quantitative estimate of drug-likeness (QED) is 0.798. The summed E-state index contributed by atoms with van der Waals surface area (Å²) in [6.45, 7) is 1.65. The molecule has 3 aliphatic rings. The highest BCUT2D eigenvalue weighted by Gasteiger charge is 2.37. The summed E-state index contributed by atoms with van der Waals surface area (Å²) in [5.74, 6) is 0.719. The van der Waals surface area contributed by atoms with Crippen LogP contribution in [-0.2, 0) is 9.53 Å². The van der Waals surface area contributed by atoms with Crippen LogP contribution >= 0.6 is 0 Å². The number of rotatable bonds is 6. The highest BCUT2D eigenvalue weighted by atomic mass is 19.3. The molecule has 2 aliphatic heterocycles. The molecule has 0 radical (unpaired) electrons. The molecule has 1 N–H and O–H groups in total. The van der Waals surface area contributed by atoms with E-state index in [1.807, 2.05) is 4.90 Å². The molecule has 1 aromatic heterocycles. The van der Waals surface area contributed by atoms with Gasteiger partial charge in [-0.25, -0.2) is 23.1 Å². The van der Waals surface area contributed by atoms with Crippen LogP contribution in [0.4, 0.5) is 19.0 Å². The van der Waals surface area contributed by atoms with E-state index in [1.165, 1.54) is 6.07 Å². The standard InChI is InChI=1S/C19H25F3N4O2/c20-16(21)14-9-15(25-17(24-14)12-1-2-12)26-6-4-19(22,5-7-26)11-23-18(27)13-3-8-28-10-13/h9,12-13,16H,1-8,10-11H2,(H,23,27). The normalized spacial score (nSPS) is 24.6. The lowest BCUT2D eigenvalue weighted by atomic mass is 9.93. The maximum atomic E-state index is 15.1. The van der Waals surface area contributed by atoms with Crippen molar-refractivity contribution in [1.29, 1.82) is 0 Å². The number of alkyl halides is 3. The van der Waals surface area contributed by atoms with Crippen molar-refractivity contribution in [2.24, 2.45) is 5.92 Å². The molecular weight excluding hydrogens is 373 g/mol. The van der Waals surface area contributed by atoms with Gasteiger partial charge in [-0.05, 0) is 19.3 Å². The highest BCUT2D eigenvalue weighted by molar-refractivity contribution is 5.79. The van der Waals surface area contributed by atoms with Gasteiger partial charge in [0.25, 0.3) is 6.43 Å². The number of halogens is 3. The summed E-state index contributed by atoms with van der Waals surface area (Å²) in [5.41, 5.74) is -1.76. The number of anilines is 1. The second-order valence-corrected chi connectivity index (χ2v) is 8.00. The third-order valence-corrected chi connectivity index (χ3v) is 5.78. The van der Waals surface area contributed by atoms with Crippen molar-refractivity contribution in [2.45, 2.75) is 50.1 Å². The largest absolute Gasteiger partial charge is 0.381 e. The third-order valence-electron chi connectivity index (χ3n) is 5.78. The lowest BCUT2D eigenvalue weighted by Crippen LogP contribution is -2.49. The molecule has 3 heterocycles.